The summed E-state index contributed by atoms with van der Waals surface area (Å²) in [5.74, 6) is -2.76. The van der Waals surface area contributed by atoms with Crippen LogP contribution in [0.1, 0.15) is 13.3 Å². The van der Waals surface area contributed by atoms with E-state index in [0.29, 0.717) is 0 Å². The van der Waals surface area contributed by atoms with Crippen molar-refractivity contribution in [2.45, 2.75) is 68.0 Å². The van der Waals surface area contributed by atoms with Crippen molar-refractivity contribution in [2.75, 3.05) is 14.1 Å². The van der Waals surface area contributed by atoms with Gasteiger partial charge in [-0.2, -0.15) is 0 Å². The zero-order valence-corrected chi connectivity index (χ0v) is 15.8. The summed E-state index contributed by atoms with van der Waals surface area (Å²) in [7, 11) is 3.24. The lowest BCUT2D eigenvalue weighted by atomic mass is 9.80. The van der Waals surface area contributed by atoms with Gasteiger partial charge in [0.2, 0.25) is 6.29 Å². The first-order chi connectivity index (χ1) is 10.8. The third-order valence-electron chi connectivity index (χ3n) is 4.93. The van der Waals surface area contributed by atoms with Crippen molar-refractivity contribution in [3.05, 3.63) is 0 Å². The Kier molecular flexibility index (Phi) is 7.63. The Hall–Kier alpha value is -0.0700. The number of aliphatic hydroxyl groups is 3. The van der Waals surface area contributed by atoms with E-state index < -0.39 is 60.5 Å². The van der Waals surface area contributed by atoms with Gasteiger partial charge in [-0.1, -0.05) is 0 Å². The number of aliphatic hydroxyl groups excluding tert-OH is 2. The molecule has 0 aromatic carbocycles. The van der Waals surface area contributed by atoms with Crippen LogP contribution in [0.15, 0.2) is 0 Å². The summed E-state index contributed by atoms with van der Waals surface area (Å²) >= 11 is 0. The topological polar surface area (TPSA) is 130 Å². The van der Waals surface area contributed by atoms with Gasteiger partial charge in [-0.05, 0) is 21.0 Å². The van der Waals surface area contributed by atoms with Gasteiger partial charge in [0.1, 0.15) is 18.3 Å². The number of ether oxygens (including phenoxy) is 3. The number of likely N-dealkylation sites (N-methyl/N-ethyl adjacent to an activating group) is 2. The van der Waals surface area contributed by atoms with Crippen LogP contribution in [0, 0.1) is 0 Å². The third kappa shape index (κ3) is 3.55. The predicted molar refractivity (Wildman–Crippen MR) is 90.9 cm³/mol. The van der Waals surface area contributed by atoms with E-state index in [4.69, 9.17) is 14.2 Å². The molecule has 1 aliphatic carbocycles. The number of carbonyl (C=O) groups excluding carboxylic acids is 1. The Morgan fingerprint density at radius 1 is 1.04 bits per heavy atom. The molecule has 9 nitrogen and oxygen atoms in total. The quantitative estimate of drug-likeness (QED) is 0.351. The maximum atomic E-state index is 12.2. The van der Waals surface area contributed by atoms with Gasteiger partial charge in [0, 0.05) is 6.42 Å². The lowest BCUT2D eigenvalue weighted by Gasteiger charge is -2.55. The molecular formula is C14H26Cl2N2O7. The molecular weight excluding hydrogens is 379 g/mol. The fraction of sp³-hybridized carbons (Fsp3) is 0.929. The van der Waals surface area contributed by atoms with Crippen LogP contribution in [0.2, 0.25) is 0 Å². The second kappa shape index (κ2) is 8.30. The number of nitrogens with one attached hydrogen (secondary N) is 2. The molecule has 148 valence electrons. The minimum absolute atomic E-state index is 0. The number of hydrogen-bond acceptors (Lipinski definition) is 9. The van der Waals surface area contributed by atoms with E-state index >= 15 is 0 Å². The largest absolute Gasteiger partial charge is 0.390 e. The van der Waals surface area contributed by atoms with Crippen LogP contribution in [0.25, 0.3) is 0 Å². The van der Waals surface area contributed by atoms with Gasteiger partial charge in [-0.15, -0.1) is 24.8 Å². The molecule has 2 saturated heterocycles. The molecule has 3 fully saturated rings. The highest BCUT2D eigenvalue weighted by molar-refractivity contribution is 5.87. The molecule has 2 heterocycles. The SMILES string of the molecule is CN[C@@H]1[C@@H](O)[C@H](NC)[C@H]2O[C@@]3(O)C(=O)C[C@@H](C)O[C@H]3O[C@@H]2[C@H]1O.Cl.Cl. The molecule has 0 bridgehead atoms. The highest BCUT2D eigenvalue weighted by Gasteiger charge is 2.63. The van der Waals surface area contributed by atoms with Crippen LogP contribution >= 0.6 is 24.8 Å². The molecule has 3 rings (SSSR count). The van der Waals surface area contributed by atoms with Crippen LogP contribution in [0.3, 0.4) is 0 Å². The van der Waals surface area contributed by atoms with Crippen molar-refractivity contribution in [3.8, 4) is 0 Å². The van der Waals surface area contributed by atoms with Crippen LogP contribution in [-0.4, -0.2) is 89.9 Å². The van der Waals surface area contributed by atoms with E-state index in [2.05, 4.69) is 10.6 Å². The number of halogens is 2. The Labute approximate surface area is 158 Å². The van der Waals surface area contributed by atoms with Crippen molar-refractivity contribution in [1.29, 1.82) is 0 Å². The Bertz CT molecular complexity index is 488. The number of carbonyl (C=O) groups is 1. The first kappa shape index (κ1) is 23.0. The molecule has 0 aromatic heterocycles. The van der Waals surface area contributed by atoms with Gasteiger partial charge in [0.15, 0.2) is 5.78 Å². The van der Waals surface area contributed by atoms with Gasteiger partial charge in [0.05, 0.1) is 24.3 Å². The van der Waals surface area contributed by atoms with Crippen molar-refractivity contribution in [1.82, 2.24) is 10.6 Å². The zero-order chi connectivity index (χ0) is 16.9. The Morgan fingerprint density at radius 3 is 2.20 bits per heavy atom. The summed E-state index contributed by atoms with van der Waals surface area (Å²) in [6.45, 7) is 1.70. The number of fused-ring (bicyclic) bond motifs is 2. The molecule has 0 amide bonds. The molecule has 0 aromatic rings. The predicted octanol–water partition coefficient (Wildman–Crippen LogP) is -2.08. The summed E-state index contributed by atoms with van der Waals surface area (Å²) < 4.78 is 16.8. The zero-order valence-electron chi connectivity index (χ0n) is 14.1. The van der Waals surface area contributed by atoms with Gasteiger partial charge in [-0.3, -0.25) is 4.79 Å². The van der Waals surface area contributed by atoms with Gasteiger partial charge in [-0.25, -0.2) is 0 Å². The second-order valence-corrected chi connectivity index (χ2v) is 6.40. The van der Waals surface area contributed by atoms with Gasteiger partial charge in [0.25, 0.3) is 5.79 Å². The van der Waals surface area contributed by atoms with Crippen molar-refractivity contribution in [3.63, 3.8) is 0 Å². The summed E-state index contributed by atoms with van der Waals surface area (Å²) in [6.07, 6.45) is -5.58. The molecule has 0 spiro atoms. The molecule has 11 heteroatoms. The van der Waals surface area contributed by atoms with Gasteiger partial charge >= 0.3 is 0 Å². The molecule has 2 aliphatic heterocycles. The summed E-state index contributed by atoms with van der Waals surface area (Å²) in [6, 6.07) is -1.29. The normalized spacial score (nSPS) is 49.3. The van der Waals surface area contributed by atoms with E-state index in [1.807, 2.05) is 0 Å². The Balaban J connectivity index is 0.00000156. The van der Waals surface area contributed by atoms with Crippen molar-refractivity contribution >= 4 is 30.6 Å². The lowest BCUT2D eigenvalue weighted by molar-refractivity contribution is -0.420. The highest BCUT2D eigenvalue weighted by Crippen LogP contribution is 2.40. The minimum atomic E-state index is -2.23. The second-order valence-electron chi connectivity index (χ2n) is 6.40. The lowest BCUT2D eigenvalue weighted by Crippen LogP contribution is -2.77. The van der Waals surface area contributed by atoms with Gasteiger partial charge < -0.3 is 40.2 Å². The average Bonchev–Trinajstić information content (AvgIpc) is 2.49. The van der Waals surface area contributed by atoms with E-state index in [9.17, 15) is 20.1 Å². The van der Waals surface area contributed by atoms with Crippen LogP contribution in [0.5, 0.6) is 0 Å². The fourth-order valence-electron chi connectivity index (χ4n) is 3.68. The van der Waals surface area contributed by atoms with Crippen LogP contribution in [-0.2, 0) is 19.0 Å². The summed E-state index contributed by atoms with van der Waals surface area (Å²) in [5.41, 5.74) is 0. The highest BCUT2D eigenvalue weighted by atomic mass is 35.5. The molecule has 3 aliphatic rings. The molecule has 0 unspecified atom stereocenters. The molecule has 5 N–H and O–H groups in total. The molecule has 25 heavy (non-hydrogen) atoms. The minimum Gasteiger partial charge on any atom is -0.390 e. The molecule has 1 saturated carbocycles. The average molecular weight is 405 g/mol. The standard InChI is InChI=1S/C14H24N2O7.2ClH/c1-5-4-6(17)14(20)13(21-5)22-12-10(19)7(15-2)9(18)8(16-3)11(12)23-14;;/h5,7-13,15-16,18-20H,4H2,1-3H3;2*1H/t5-,7-,8+,9-,10+,11-,12-,13+,14+;;/m1../s1. The first-order valence-corrected chi connectivity index (χ1v) is 7.78. The van der Waals surface area contributed by atoms with E-state index in [0.717, 1.165) is 0 Å². The summed E-state index contributed by atoms with van der Waals surface area (Å²) in [4.78, 5) is 12.2. The van der Waals surface area contributed by atoms with E-state index in [-0.39, 0.29) is 31.2 Å². The number of ketones is 1. The van der Waals surface area contributed by atoms with Crippen molar-refractivity contribution in [2.24, 2.45) is 0 Å². The summed E-state index contributed by atoms with van der Waals surface area (Å²) in [5, 5.41) is 37.2. The maximum Gasteiger partial charge on any atom is 0.280 e. The van der Waals surface area contributed by atoms with E-state index in [1.54, 1.807) is 21.0 Å². The van der Waals surface area contributed by atoms with Crippen LogP contribution in [0.4, 0.5) is 0 Å². The van der Waals surface area contributed by atoms with Crippen LogP contribution < -0.4 is 10.6 Å². The fourth-order valence-corrected chi connectivity index (χ4v) is 3.68. The van der Waals surface area contributed by atoms with E-state index in [1.165, 1.54) is 0 Å². The Morgan fingerprint density at radius 2 is 1.64 bits per heavy atom. The monoisotopic (exact) mass is 404 g/mol. The number of hydrogen-bond donors (Lipinski definition) is 5. The van der Waals surface area contributed by atoms with Crippen molar-refractivity contribution < 1.29 is 34.3 Å². The third-order valence-corrected chi connectivity index (χ3v) is 4.93. The smallest absolute Gasteiger partial charge is 0.280 e. The number of rotatable bonds is 2. The number of Topliss-reactive ketones (excluding diaryl/α,β-unsaturated/α-hetero) is 1. The maximum absolute atomic E-state index is 12.2. The first-order valence-electron chi connectivity index (χ1n) is 7.78. The molecule has 9 atom stereocenters. The molecule has 0 radical (unpaired) electrons.